The van der Waals surface area contributed by atoms with E-state index in [9.17, 15) is 0 Å². The van der Waals surface area contributed by atoms with Crippen LogP contribution >= 0.6 is 11.9 Å². The van der Waals surface area contributed by atoms with E-state index in [0.717, 1.165) is 25.4 Å². The molecule has 0 bridgehead atoms. The summed E-state index contributed by atoms with van der Waals surface area (Å²) >= 11 is 1.78. The minimum Gasteiger partial charge on any atom is -0.377 e. The molecule has 2 rings (SSSR count). The molecule has 2 heterocycles. The van der Waals surface area contributed by atoms with Gasteiger partial charge in [-0.15, -0.1) is 0 Å². The van der Waals surface area contributed by atoms with E-state index >= 15 is 0 Å². The molecule has 1 fully saturated rings. The highest BCUT2D eigenvalue weighted by Crippen LogP contribution is 2.18. The molecule has 0 radical (unpaired) electrons. The lowest BCUT2D eigenvalue weighted by atomic mass is 10.2. The molecule has 0 N–H and O–H groups in total. The number of rotatable bonds is 5. The van der Waals surface area contributed by atoms with Gasteiger partial charge < -0.3 is 4.74 Å². The minimum absolute atomic E-state index is 0.417. The number of aromatic nitrogens is 1. The molecule has 3 nitrogen and oxygen atoms in total. The zero-order valence-corrected chi connectivity index (χ0v) is 13.4. The van der Waals surface area contributed by atoms with Gasteiger partial charge in [-0.25, -0.2) is 4.31 Å². The van der Waals surface area contributed by atoms with Crippen molar-refractivity contribution in [3.63, 3.8) is 0 Å². The van der Waals surface area contributed by atoms with Crippen molar-refractivity contribution in [2.75, 3.05) is 19.4 Å². The summed E-state index contributed by atoms with van der Waals surface area (Å²) in [5.41, 5.74) is 2.34. The molecule has 1 aliphatic heterocycles. The summed E-state index contributed by atoms with van der Waals surface area (Å²) in [6.45, 7) is 8.89. The first-order valence-electron chi connectivity index (χ1n) is 7.10. The van der Waals surface area contributed by atoms with Gasteiger partial charge in [0.15, 0.2) is 0 Å². The Balaban J connectivity index is 0.000000861. The average molecular weight is 282 g/mol. The molecule has 1 unspecified atom stereocenters. The van der Waals surface area contributed by atoms with E-state index in [1.165, 1.54) is 18.4 Å². The minimum atomic E-state index is 0.417. The van der Waals surface area contributed by atoms with Crippen LogP contribution in [0.15, 0.2) is 18.3 Å². The number of hydrogen-bond acceptors (Lipinski definition) is 4. The topological polar surface area (TPSA) is 25.4 Å². The first-order chi connectivity index (χ1) is 9.28. The van der Waals surface area contributed by atoms with Gasteiger partial charge >= 0.3 is 0 Å². The fourth-order valence-electron chi connectivity index (χ4n) is 2.01. The molecule has 1 saturated heterocycles. The average Bonchev–Trinajstić information content (AvgIpc) is 2.95. The molecular formula is C15H26N2OS. The van der Waals surface area contributed by atoms with E-state index in [4.69, 9.17) is 4.74 Å². The monoisotopic (exact) mass is 282 g/mol. The molecule has 0 spiro atoms. The molecule has 1 aromatic rings. The fourth-order valence-corrected chi connectivity index (χ4v) is 2.61. The van der Waals surface area contributed by atoms with E-state index in [-0.39, 0.29) is 0 Å². The van der Waals surface area contributed by atoms with Gasteiger partial charge in [0.25, 0.3) is 0 Å². The van der Waals surface area contributed by atoms with Crippen molar-refractivity contribution in [3.05, 3.63) is 29.6 Å². The lowest BCUT2D eigenvalue weighted by Gasteiger charge is -2.22. The first-order valence-corrected chi connectivity index (χ1v) is 8.28. The van der Waals surface area contributed by atoms with Crippen LogP contribution in [0.5, 0.6) is 0 Å². The fraction of sp³-hybridized carbons (Fsp3) is 0.667. The zero-order chi connectivity index (χ0) is 14.1. The zero-order valence-electron chi connectivity index (χ0n) is 12.6. The van der Waals surface area contributed by atoms with E-state index in [1.807, 2.05) is 27.0 Å². The Morgan fingerprint density at radius 1 is 1.42 bits per heavy atom. The van der Waals surface area contributed by atoms with Crippen LogP contribution in [0.3, 0.4) is 0 Å². The van der Waals surface area contributed by atoms with Crippen LogP contribution < -0.4 is 0 Å². The van der Waals surface area contributed by atoms with Crippen LogP contribution in [0, 0.1) is 6.92 Å². The molecule has 0 aliphatic carbocycles. The van der Waals surface area contributed by atoms with E-state index < -0.39 is 0 Å². The van der Waals surface area contributed by atoms with Gasteiger partial charge in [-0.2, -0.15) is 0 Å². The normalized spacial score (nSPS) is 18.3. The molecule has 108 valence electrons. The van der Waals surface area contributed by atoms with Gasteiger partial charge in [-0.1, -0.05) is 31.9 Å². The van der Waals surface area contributed by atoms with Gasteiger partial charge in [0.1, 0.15) is 0 Å². The van der Waals surface area contributed by atoms with Crippen LogP contribution in [-0.2, 0) is 11.3 Å². The maximum Gasteiger partial charge on any atom is 0.0712 e. The summed E-state index contributed by atoms with van der Waals surface area (Å²) in [4.78, 5) is 4.33. The van der Waals surface area contributed by atoms with Crippen LogP contribution in [0.2, 0.25) is 0 Å². The van der Waals surface area contributed by atoms with Crippen LogP contribution in [-0.4, -0.2) is 34.8 Å². The summed E-state index contributed by atoms with van der Waals surface area (Å²) in [6.07, 6.45) is 6.91. The van der Waals surface area contributed by atoms with Crippen molar-refractivity contribution >= 4 is 11.9 Å². The Labute approximate surface area is 121 Å². The van der Waals surface area contributed by atoms with E-state index in [1.54, 1.807) is 11.9 Å². The second-order valence-electron chi connectivity index (χ2n) is 4.45. The summed E-state index contributed by atoms with van der Waals surface area (Å²) in [7, 11) is 0. The van der Waals surface area contributed by atoms with Crippen molar-refractivity contribution in [2.24, 2.45) is 0 Å². The maximum atomic E-state index is 5.67. The highest BCUT2D eigenvalue weighted by atomic mass is 32.2. The second-order valence-corrected chi connectivity index (χ2v) is 5.33. The SMILES string of the molecule is CC.CSN(Cc1ccc(C)nc1)CC1CCCO1. The number of ether oxygens (including phenoxy) is 1. The molecule has 0 amide bonds. The molecule has 19 heavy (non-hydrogen) atoms. The highest BCUT2D eigenvalue weighted by molar-refractivity contribution is 7.96. The lowest BCUT2D eigenvalue weighted by Crippen LogP contribution is -2.26. The molecular weight excluding hydrogens is 256 g/mol. The van der Waals surface area contributed by atoms with Gasteiger partial charge in [-0.3, -0.25) is 4.98 Å². The van der Waals surface area contributed by atoms with Crippen LogP contribution in [0.1, 0.15) is 37.9 Å². The largest absolute Gasteiger partial charge is 0.377 e. The van der Waals surface area contributed by atoms with E-state index in [2.05, 4.69) is 27.7 Å². The third-order valence-electron chi connectivity index (χ3n) is 3.02. The number of aryl methyl sites for hydroxylation is 1. The lowest BCUT2D eigenvalue weighted by molar-refractivity contribution is 0.0950. The number of pyridine rings is 1. The van der Waals surface area contributed by atoms with Crippen molar-refractivity contribution in [1.82, 2.24) is 9.29 Å². The number of nitrogens with zero attached hydrogens (tertiary/aromatic N) is 2. The van der Waals surface area contributed by atoms with Crippen molar-refractivity contribution in [1.29, 1.82) is 0 Å². The third kappa shape index (κ3) is 5.93. The molecule has 1 aliphatic rings. The first kappa shape index (κ1) is 16.5. The summed E-state index contributed by atoms with van der Waals surface area (Å²) in [5.74, 6) is 0. The molecule has 1 aromatic heterocycles. The van der Waals surface area contributed by atoms with Gasteiger partial charge in [0.2, 0.25) is 0 Å². The highest BCUT2D eigenvalue weighted by Gasteiger charge is 2.18. The third-order valence-corrected chi connectivity index (χ3v) is 3.82. The molecule has 0 saturated carbocycles. The summed E-state index contributed by atoms with van der Waals surface area (Å²) < 4.78 is 8.02. The second kappa shape index (κ2) is 9.34. The van der Waals surface area contributed by atoms with Gasteiger partial charge in [0.05, 0.1) is 6.10 Å². The Kier molecular flexibility index (Phi) is 8.10. The van der Waals surface area contributed by atoms with E-state index in [0.29, 0.717) is 6.10 Å². The number of hydrogen-bond donors (Lipinski definition) is 0. The molecule has 4 heteroatoms. The smallest absolute Gasteiger partial charge is 0.0712 e. The van der Waals surface area contributed by atoms with Crippen molar-refractivity contribution in [3.8, 4) is 0 Å². The standard InChI is InChI=1S/C13H20N2OS.C2H6/c1-11-5-6-12(8-14-11)9-15(17-2)10-13-4-3-7-16-13;1-2/h5-6,8,13H,3-4,7,9-10H2,1-2H3;1-2H3. The Hall–Kier alpha value is -0.580. The van der Waals surface area contributed by atoms with Gasteiger partial charge in [0, 0.05) is 31.6 Å². The Bertz CT molecular complexity index is 337. The Morgan fingerprint density at radius 3 is 2.74 bits per heavy atom. The van der Waals surface area contributed by atoms with Crippen LogP contribution in [0.25, 0.3) is 0 Å². The van der Waals surface area contributed by atoms with Crippen molar-refractivity contribution in [2.45, 2.75) is 46.3 Å². The Morgan fingerprint density at radius 2 is 2.21 bits per heavy atom. The predicted molar refractivity (Wildman–Crippen MR) is 83.2 cm³/mol. The van der Waals surface area contributed by atoms with Crippen LogP contribution in [0.4, 0.5) is 0 Å². The van der Waals surface area contributed by atoms with Gasteiger partial charge in [-0.05, 0) is 37.7 Å². The van der Waals surface area contributed by atoms with Crippen molar-refractivity contribution < 1.29 is 4.74 Å². The molecule has 0 aromatic carbocycles. The quantitative estimate of drug-likeness (QED) is 0.769. The summed E-state index contributed by atoms with van der Waals surface area (Å²) in [6, 6.07) is 4.22. The molecule has 1 atom stereocenters. The maximum absolute atomic E-state index is 5.67. The predicted octanol–water partition coefficient (Wildman–Crippen LogP) is 3.68. The summed E-state index contributed by atoms with van der Waals surface area (Å²) in [5, 5.41) is 0.